The normalized spacial score (nSPS) is 15.9. The molecule has 0 atom stereocenters. The van der Waals surface area contributed by atoms with E-state index in [-0.39, 0.29) is 12.0 Å². The second-order valence-corrected chi connectivity index (χ2v) is 3.58. The van der Waals surface area contributed by atoms with E-state index in [1.807, 2.05) is 19.1 Å². The van der Waals surface area contributed by atoms with Crippen molar-refractivity contribution in [2.75, 3.05) is 13.1 Å². The molecule has 0 radical (unpaired) electrons. The summed E-state index contributed by atoms with van der Waals surface area (Å²) < 4.78 is 5.62. The minimum absolute atomic E-state index is 0.129. The Kier molecular flexibility index (Phi) is 2.85. The molecule has 15 heavy (non-hydrogen) atoms. The zero-order valence-corrected chi connectivity index (χ0v) is 8.72. The fourth-order valence-electron chi connectivity index (χ4n) is 1.55. The first-order chi connectivity index (χ1) is 7.29. The Balaban J connectivity index is 1.79. The van der Waals surface area contributed by atoms with Gasteiger partial charge in [-0.25, -0.2) is 0 Å². The molecule has 4 heteroatoms. The van der Waals surface area contributed by atoms with Gasteiger partial charge in [0.05, 0.1) is 19.3 Å². The molecule has 0 unspecified atom stereocenters. The number of carbonyl (C=O) groups excluding carboxylic acids is 1. The van der Waals surface area contributed by atoms with Crippen molar-refractivity contribution in [3.8, 4) is 5.75 Å². The average Bonchev–Trinajstić information content (AvgIpc) is 2.23. The molecular formula is C11H14N2O2. The number of nitrogens with zero attached hydrogens (tertiary/aromatic N) is 2. The number of amides is 1. The van der Waals surface area contributed by atoms with Gasteiger partial charge in [-0.3, -0.25) is 9.78 Å². The molecule has 0 aromatic carbocycles. The van der Waals surface area contributed by atoms with E-state index in [4.69, 9.17) is 4.74 Å². The van der Waals surface area contributed by atoms with E-state index in [2.05, 4.69) is 4.98 Å². The number of aromatic nitrogens is 1. The molecule has 1 aliphatic heterocycles. The van der Waals surface area contributed by atoms with Gasteiger partial charge in [0, 0.05) is 12.6 Å². The quantitative estimate of drug-likeness (QED) is 0.743. The fraction of sp³-hybridized carbons (Fsp3) is 0.455. The Bertz CT molecular complexity index is 334. The first-order valence-corrected chi connectivity index (χ1v) is 5.14. The maximum Gasteiger partial charge on any atom is 0.222 e. The largest absolute Gasteiger partial charge is 0.485 e. The molecule has 80 valence electrons. The Hall–Kier alpha value is -1.58. The van der Waals surface area contributed by atoms with E-state index < -0.39 is 0 Å². The van der Waals surface area contributed by atoms with Gasteiger partial charge in [-0.15, -0.1) is 0 Å². The number of ether oxygens (including phenoxy) is 1. The van der Waals surface area contributed by atoms with Crippen molar-refractivity contribution in [2.45, 2.75) is 19.4 Å². The zero-order chi connectivity index (χ0) is 10.7. The maximum absolute atomic E-state index is 11.3. The van der Waals surface area contributed by atoms with Crippen LogP contribution in [0, 0.1) is 0 Å². The number of pyridine rings is 1. The second-order valence-electron chi connectivity index (χ2n) is 3.58. The van der Waals surface area contributed by atoms with Crippen LogP contribution < -0.4 is 4.74 Å². The summed E-state index contributed by atoms with van der Waals surface area (Å²) in [5.74, 6) is 0.965. The molecule has 2 heterocycles. The third kappa shape index (κ3) is 2.26. The smallest absolute Gasteiger partial charge is 0.222 e. The summed E-state index contributed by atoms with van der Waals surface area (Å²) >= 11 is 0. The van der Waals surface area contributed by atoms with Crippen molar-refractivity contribution in [2.24, 2.45) is 0 Å². The number of rotatable bonds is 3. The topological polar surface area (TPSA) is 42.4 Å². The summed E-state index contributed by atoms with van der Waals surface area (Å²) in [6.45, 7) is 3.26. The summed E-state index contributed by atoms with van der Waals surface area (Å²) in [5, 5.41) is 0. The minimum atomic E-state index is 0.129. The number of hydrogen-bond donors (Lipinski definition) is 0. The van der Waals surface area contributed by atoms with Crippen LogP contribution in [-0.4, -0.2) is 35.0 Å². The van der Waals surface area contributed by atoms with Crippen LogP contribution in [0.5, 0.6) is 5.75 Å². The van der Waals surface area contributed by atoms with Crippen LogP contribution in [0.15, 0.2) is 24.5 Å². The highest BCUT2D eigenvalue weighted by Gasteiger charge is 2.31. The molecule has 1 aromatic rings. The molecule has 0 spiro atoms. The van der Waals surface area contributed by atoms with Gasteiger partial charge in [-0.1, -0.05) is 6.92 Å². The van der Waals surface area contributed by atoms with Gasteiger partial charge in [-0.2, -0.15) is 0 Å². The average molecular weight is 206 g/mol. The Morgan fingerprint density at radius 2 is 2.47 bits per heavy atom. The van der Waals surface area contributed by atoms with Crippen molar-refractivity contribution in [1.82, 2.24) is 9.88 Å². The monoisotopic (exact) mass is 206 g/mol. The van der Waals surface area contributed by atoms with E-state index >= 15 is 0 Å². The first-order valence-electron chi connectivity index (χ1n) is 5.14. The zero-order valence-electron chi connectivity index (χ0n) is 8.72. The standard InChI is InChI=1S/C11H14N2O2/c1-2-11(14)13-7-10(8-13)15-9-4-3-5-12-6-9/h3-6,10H,2,7-8H2,1H3. The van der Waals surface area contributed by atoms with Gasteiger partial charge in [0.25, 0.3) is 0 Å². The molecule has 4 nitrogen and oxygen atoms in total. The van der Waals surface area contributed by atoms with Crippen molar-refractivity contribution >= 4 is 5.91 Å². The Morgan fingerprint density at radius 3 is 3.07 bits per heavy atom. The van der Waals surface area contributed by atoms with Crippen molar-refractivity contribution < 1.29 is 9.53 Å². The predicted molar refractivity (Wildman–Crippen MR) is 55.5 cm³/mol. The Labute approximate surface area is 88.9 Å². The van der Waals surface area contributed by atoms with Crippen LogP contribution in [0.4, 0.5) is 0 Å². The highest BCUT2D eigenvalue weighted by Crippen LogP contribution is 2.17. The lowest BCUT2D eigenvalue weighted by Crippen LogP contribution is -2.56. The molecule has 2 rings (SSSR count). The summed E-state index contributed by atoms with van der Waals surface area (Å²) in [5.41, 5.74) is 0. The second kappa shape index (κ2) is 4.29. The van der Waals surface area contributed by atoms with Crippen molar-refractivity contribution in [3.63, 3.8) is 0 Å². The predicted octanol–water partition coefficient (Wildman–Crippen LogP) is 1.08. The van der Waals surface area contributed by atoms with E-state index in [1.165, 1.54) is 0 Å². The van der Waals surface area contributed by atoms with Crippen LogP contribution in [0.2, 0.25) is 0 Å². The molecule has 1 amide bonds. The molecular weight excluding hydrogens is 192 g/mol. The van der Waals surface area contributed by atoms with Gasteiger partial charge < -0.3 is 9.64 Å². The molecule has 1 saturated heterocycles. The van der Waals surface area contributed by atoms with Gasteiger partial charge >= 0.3 is 0 Å². The number of hydrogen-bond acceptors (Lipinski definition) is 3. The van der Waals surface area contributed by atoms with E-state index in [9.17, 15) is 4.79 Å². The molecule has 1 aliphatic rings. The SMILES string of the molecule is CCC(=O)N1CC(Oc2cccnc2)C1. The first kappa shape index (κ1) is 9.96. The molecule has 1 aromatic heterocycles. The van der Waals surface area contributed by atoms with Crippen LogP contribution >= 0.6 is 0 Å². The van der Waals surface area contributed by atoms with Crippen molar-refractivity contribution in [1.29, 1.82) is 0 Å². The van der Waals surface area contributed by atoms with Crippen LogP contribution in [0.25, 0.3) is 0 Å². The lowest BCUT2D eigenvalue weighted by Gasteiger charge is -2.38. The van der Waals surface area contributed by atoms with Gasteiger partial charge in [0.15, 0.2) is 0 Å². The van der Waals surface area contributed by atoms with Crippen LogP contribution in [-0.2, 0) is 4.79 Å². The van der Waals surface area contributed by atoms with Crippen LogP contribution in [0.3, 0.4) is 0 Å². The van der Waals surface area contributed by atoms with Crippen molar-refractivity contribution in [3.05, 3.63) is 24.5 Å². The Morgan fingerprint density at radius 1 is 1.67 bits per heavy atom. The minimum Gasteiger partial charge on any atom is -0.485 e. The number of carbonyl (C=O) groups is 1. The lowest BCUT2D eigenvalue weighted by atomic mass is 10.1. The molecule has 0 N–H and O–H groups in total. The fourth-order valence-corrected chi connectivity index (χ4v) is 1.55. The maximum atomic E-state index is 11.3. The van der Waals surface area contributed by atoms with Crippen LogP contribution in [0.1, 0.15) is 13.3 Å². The van der Waals surface area contributed by atoms with E-state index in [1.54, 1.807) is 17.3 Å². The summed E-state index contributed by atoms with van der Waals surface area (Å²) in [7, 11) is 0. The van der Waals surface area contributed by atoms with Gasteiger partial charge in [0.1, 0.15) is 11.9 Å². The molecule has 0 saturated carbocycles. The summed E-state index contributed by atoms with van der Waals surface area (Å²) in [4.78, 5) is 17.0. The lowest BCUT2D eigenvalue weighted by molar-refractivity contribution is -0.139. The van der Waals surface area contributed by atoms with E-state index in [0.29, 0.717) is 19.5 Å². The third-order valence-corrected chi connectivity index (χ3v) is 2.44. The molecule has 1 fully saturated rings. The summed E-state index contributed by atoms with van der Waals surface area (Å²) in [6, 6.07) is 3.71. The molecule has 0 bridgehead atoms. The highest BCUT2D eigenvalue weighted by atomic mass is 16.5. The summed E-state index contributed by atoms with van der Waals surface area (Å²) in [6.07, 6.45) is 4.09. The molecule has 0 aliphatic carbocycles. The highest BCUT2D eigenvalue weighted by molar-refractivity contribution is 5.76. The van der Waals surface area contributed by atoms with Gasteiger partial charge in [0.2, 0.25) is 5.91 Å². The van der Waals surface area contributed by atoms with E-state index in [0.717, 1.165) is 5.75 Å². The third-order valence-electron chi connectivity index (χ3n) is 2.44. The van der Waals surface area contributed by atoms with Gasteiger partial charge in [-0.05, 0) is 12.1 Å². The number of likely N-dealkylation sites (tertiary alicyclic amines) is 1.